The first-order valence-electron chi connectivity index (χ1n) is 9.23. The van der Waals surface area contributed by atoms with Crippen LogP contribution in [0, 0.1) is 5.41 Å². The first-order valence-corrected chi connectivity index (χ1v) is 11.1. The van der Waals surface area contributed by atoms with Crippen molar-refractivity contribution in [3.8, 4) is 5.75 Å². The molecule has 2 rings (SSSR count). The van der Waals surface area contributed by atoms with Crippen molar-refractivity contribution >= 4 is 34.1 Å². The summed E-state index contributed by atoms with van der Waals surface area (Å²) in [5, 5.41) is 20.3. The van der Waals surface area contributed by atoms with Crippen molar-refractivity contribution < 1.29 is 27.6 Å². The Morgan fingerprint density at radius 2 is 1.58 bits per heavy atom. The van der Waals surface area contributed by atoms with Gasteiger partial charge in [0.15, 0.2) is 5.76 Å². The van der Waals surface area contributed by atoms with Crippen LogP contribution in [0.3, 0.4) is 0 Å². The summed E-state index contributed by atoms with van der Waals surface area (Å²) in [5.74, 6) is -0.609. The maximum Gasteiger partial charge on any atom is 0.305 e. The molecule has 1 heterocycles. The van der Waals surface area contributed by atoms with Gasteiger partial charge in [0, 0.05) is 11.1 Å². The fraction of sp³-hybridized carbons (Fsp3) is 0.450. The van der Waals surface area contributed by atoms with Gasteiger partial charge in [-0.05, 0) is 34.6 Å². The topological polar surface area (TPSA) is 175 Å². The molecule has 31 heavy (non-hydrogen) atoms. The van der Waals surface area contributed by atoms with Crippen molar-refractivity contribution in [1.29, 1.82) is 5.41 Å². The van der Waals surface area contributed by atoms with Crippen LogP contribution in [0.5, 0.6) is 5.75 Å². The summed E-state index contributed by atoms with van der Waals surface area (Å²) in [7, 11) is -3.67. The number of phenolic OH excluding ortho intramolecular Hbond substituents is 1. The number of rotatable bonds is 1. The number of phenols is 1. The number of amidine groups is 1. The average Bonchev–Trinajstić information content (AvgIpc) is 2.83. The lowest BCUT2D eigenvalue weighted by Crippen LogP contribution is -2.23. The molecule has 1 aliphatic rings. The Morgan fingerprint density at radius 3 is 1.94 bits per heavy atom. The molecule has 0 radical (unpaired) electrons. The van der Waals surface area contributed by atoms with Crippen LogP contribution in [-0.2, 0) is 30.5 Å². The second kappa shape index (κ2) is 9.06. The molecule has 0 atom stereocenters. The number of nitrogens with zero attached hydrogens (tertiary/aromatic N) is 1. The van der Waals surface area contributed by atoms with Gasteiger partial charge in [-0.1, -0.05) is 41.5 Å². The summed E-state index contributed by atoms with van der Waals surface area (Å²) in [6.07, 6.45) is 2.30. The third kappa shape index (κ3) is 8.38. The van der Waals surface area contributed by atoms with E-state index in [1.807, 2.05) is 53.7 Å². The third-order valence-corrected chi connectivity index (χ3v) is 3.92. The normalized spacial score (nSPS) is 17.1. The van der Waals surface area contributed by atoms with Gasteiger partial charge in [0.1, 0.15) is 5.75 Å². The van der Waals surface area contributed by atoms with Crippen LogP contribution >= 0.6 is 0 Å². The molecule has 1 fully saturated rings. The van der Waals surface area contributed by atoms with Gasteiger partial charge in [0.05, 0.1) is 6.26 Å². The maximum atomic E-state index is 12.1. The summed E-state index contributed by atoms with van der Waals surface area (Å²) >= 11 is 0. The highest BCUT2D eigenvalue weighted by atomic mass is 32.2. The zero-order valence-corrected chi connectivity index (χ0v) is 19.5. The molecule has 0 aromatic heterocycles. The van der Waals surface area contributed by atoms with Gasteiger partial charge >= 0.3 is 6.02 Å². The number of hydrogen-bond acceptors (Lipinski definition) is 6. The van der Waals surface area contributed by atoms with Crippen LogP contribution in [0.4, 0.5) is 0 Å². The molecular weight excluding hydrogens is 424 g/mol. The summed E-state index contributed by atoms with van der Waals surface area (Å²) < 4.78 is 31.2. The fourth-order valence-electron chi connectivity index (χ4n) is 2.62. The minimum absolute atomic E-state index is 0.0513. The number of aromatic hydroxyl groups is 1. The largest absolute Gasteiger partial charge is 0.507 e. The van der Waals surface area contributed by atoms with Crippen molar-refractivity contribution in [2.24, 2.45) is 10.7 Å². The second-order valence-corrected chi connectivity index (χ2v) is 10.5. The quantitative estimate of drug-likeness (QED) is 0.187. The number of carbonyl (C=O) groups is 1. The molecule has 1 saturated heterocycles. The lowest BCUT2D eigenvalue weighted by Gasteiger charge is -2.27. The molecule has 6 N–H and O–H groups in total. The number of amides is 1. The molecule has 10 nitrogen and oxygen atoms in total. The molecular formula is C20H30N4O6S. The van der Waals surface area contributed by atoms with Gasteiger partial charge in [0.25, 0.3) is 16.0 Å². The molecule has 1 aliphatic heterocycles. The molecule has 1 aromatic carbocycles. The van der Waals surface area contributed by atoms with Crippen LogP contribution in [0.2, 0.25) is 0 Å². The average molecular weight is 455 g/mol. The lowest BCUT2D eigenvalue weighted by atomic mass is 9.78. The van der Waals surface area contributed by atoms with Crippen molar-refractivity contribution in [3.63, 3.8) is 0 Å². The number of ether oxygens (including phenoxy) is 1. The van der Waals surface area contributed by atoms with Gasteiger partial charge in [-0.25, -0.2) is 0 Å². The molecule has 1 amide bonds. The predicted molar refractivity (Wildman–Crippen MR) is 120 cm³/mol. The number of guanidine groups is 1. The summed E-state index contributed by atoms with van der Waals surface area (Å²) in [6.45, 7) is 12.1. The first kappa shape index (κ1) is 26.1. The Balaban J connectivity index is 0.000000861. The van der Waals surface area contributed by atoms with Crippen LogP contribution in [0.25, 0.3) is 6.08 Å². The Hall–Kier alpha value is -2.92. The maximum absolute atomic E-state index is 12.1. The van der Waals surface area contributed by atoms with E-state index in [-0.39, 0.29) is 28.4 Å². The molecule has 11 heteroatoms. The second-order valence-electron chi connectivity index (χ2n) is 9.06. The van der Waals surface area contributed by atoms with E-state index in [2.05, 4.69) is 10.3 Å². The minimum Gasteiger partial charge on any atom is -0.507 e. The van der Waals surface area contributed by atoms with Gasteiger partial charge in [-0.15, -0.1) is 0 Å². The monoisotopic (exact) mass is 454 g/mol. The zero-order chi connectivity index (χ0) is 24.4. The van der Waals surface area contributed by atoms with Crippen LogP contribution in [0.1, 0.15) is 58.2 Å². The highest BCUT2D eigenvalue weighted by Gasteiger charge is 2.28. The van der Waals surface area contributed by atoms with E-state index in [0.29, 0.717) is 6.26 Å². The van der Waals surface area contributed by atoms with Gasteiger partial charge < -0.3 is 15.6 Å². The molecule has 0 saturated carbocycles. The van der Waals surface area contributed by atoms with E-state index in [1.165, 1.54) is 0 Å². The molecule has 0 unspecified atom stereocenters. The molecule has 0 aliphatic carbocycles. The van der Waals surface area contributed by atoms with E-state index in [4.69, 9.17) is 20.4 Å². The molecule has 1 aromatic rings. The SMILES string of the molecule is CC(C)(C)c1cc(/C=C2\O/C(=N\C(=N)N)NC2=O)cc(C(C)(C)C)c1O.CS(=O)(=O)O. The Morgan fingerprint density at radius 1 is 1.16 bits per heavy atom. The van der Waals surface area contributed by atoms with Gasteiger partial charge in [-0.2, -0.15) is 13.4 Å². The van der Waals surface area contributed by atoms with Crippen LogP contribution in [-0.4, -0.2) is 42.2 Å². The van der Waals surface area contributed by atoms with Crippen LogP contribution in [0.15, 0.2) is 22.9 Å². The van der Waals surface area contributed by atoms with Crippen LogP contribution < -0.4 is 11.1 Å². The predicted octanol–water partition coefficient (Wildman–Crippen LogP) is 2.23. The number of nitrogens with two attached hydrogens (primary N) is 1. The highest BCUT2D eigenvalue weighted by molar-refractivity contribution is 7.85. The minimum atomic E-state index is -3.67. The molecule has 0 bridgehead atoms. The number of aliphatic imine (C=N–C) groups is 1. The number of hydrogen-bond donors (Lipinski definition) is 5. The van der Waals surface area contributed by atoms with Crippen molar-refractivity contribution in [2.45, 2.75) is 52.4 Å². The van der Waals surface area contributed by atoms with E-state index < -0.39 is 22.0 Å². The van der Waals surface area contributed by atoms with E-state index in [1.54, 1.807) is 6.08 Å². The highest BCUT2D eigenvalue weighted by Crippen LogP contribution is 2.40. The summed E-state index contributed by atoms with van der Waals surface area (Å²) in [4.78, 5) is 15.6. The number of benzene rings is 1. The fourth-order valence-corrected chi connectivity index (χ4v) is 2.62. The summed E-state index contributed by atoms with van der Waals surface area (Å²) in [5.41, 5.74) is 6.93. The zero-order valence-electron chi connectivity index (χ0n) is 18.7. The van der Waals surface area contributed by atoms with Gasteiger partial charge in [-0.3, -0.25) is 20.1 Å². The Kier molecular flexibility index (Phi) is 7.64. The van der Waals surface area contributed by atoms with E-state index >= 15 is 0 Å². The van der Waals surface area contributed by atoms with Crippen molar-refractivity contribution in [1.82, 2.24) is 5.32 Å². The standard InChI is InChI=1S/C19H26N4O3.CH4O3S/c1-18(2,3)11-7-10(8-12(14(11)24)19(4,5)6)9-13-15(25)22-17(26-13)23-16(20)21;1-5(2,3)4/h7-9,24H,1-6H3,(H4,20,21,22,23,25);1H3,(H,2,3,4)/b13-9-;. The van der Waals surface area contributed by atoms with E-state index in [0.717, 1.165) is 16.7 Å². The Labute approximate surface area is 182 Å². The van der Waals surface area contributed by atoms with E-state index in [9.17, 15) is 18.3 Å². The molecule has 172 valence electrons. The third-order valence-electron chi connectivity index (χ3n) is 3.92. The molecule has 0 spiro atoms. The number of carbonyl (C=O) groups excluding carboxylic acids is 1. The first-order chi connectivity index (χ1) is 13.8. The van der Waals surface area contributed by atoms with Gasteiger partial charge in [0.2, 0.25) is 5.96 Å². The van der Waals surface area contributed by atoms with Crippen molar-refractivity contribution in [3.05, 3.63) is 34.6 Å². The number of nitrogens with one attached hydrogen (secondary N) is 2. The lowest BCUT2D eigenvalue weighted by molar-refractivity contribution is -0.116. The smallest absolute Gasteiger partial charge is 0.305 e. The Bertz CT molecular complexity index is 1000. The summed E-state index contributed by atoms with van der Waals surface area (Å²) in [6, 6.07) is 3.56. The van der Waals surface area contributed by atoms with Crippen molar-refractivity contribution in [2.75, 3.05) is 6.26 Å².